The predicted molar refractivity (Wildman–Crippen MR) is 107 cm³/mol. The van der Waals surface area contributed by atoms with Crippen LogP contribution < -0.4 is 19.9 Å². The topological polar surface area (TPSA) is 91.0 Å². The van der Waals surface area contributed by atoms with E-state index in [-0.39, 0.29) is 5.92 Å². The Labute approximate surface area is 163 Å². The lowest BCUT2D eigenvalue weighted by Gasteiger charge is -2.23. The molecule has 0 aliphatic rings. The molecule has 3 N–H and O–H groups in total. The summed E-state index contributed by atoms with van der Waals surface area (Å²) in [4.78, 5) is 11.2. The number of hydrogen-bond acceptors (Lipinski definition) is 5. The van der Waals surface area contributed by atoms with Crippen LogP contribution in [0.2, 0.25) is 0 Å². The third kappa shape index (κ3) is 7.29. The smallest absolute Gasteiger partial charge is 0.323 e. The molecule has 0 aliphatic heterocycles. The van der Waals surface area contributed by atoms with Crippen LogP contribution in [0.3, 0.4) is 0 Å². The summed E-state index contributed by atoms with van der Waals surface area (Å²) in [6.45, 7) is 11.2. The van der Waals surface area contributed by atoms with Crippen molar-refractivity contribution < 1.29 is 24.1 Å². The third-order valence-corrected chi connectivity index (χ3v) is 4.44. The van der Waals surface area contributed by atoms with Crippen LogP contribution in [0.1, 0.15) is 59.4 Å². The van der Waals surface area contributed by atoms with Gasteiger partial charge in [-0.3, -0.25) is 4.79 Å². The van der Waals surface area contributed by atoms with Crippen molar-refractivity contribution in [3.05, 3.63) is 17.7 Å². The van der Waals surface area contributed by atoms with Crippen molar-refractivity contribution in [1.82, 2.24) is 0 Å². The summed E-state index contributed by atoms with van der Waals surface area (Å²) in [5, 5.41) is 9.18. The molecule has 1 aromatic rings. The van der Waals surface area contributed by atoms with Gasteiger partial charge in [-0.15, -0.1) is 0 Å². The van der Waals surface area contributed by atoms with Gasteiger partial charge in [0.25, 0.3) is 0 Å². The highest BCUT2D eigenvalue weighted by atomic mass is 16.5. The number of carbonyl (C=O) groups is 1. The number of hydrogen-bond donors (Lipinski definition) is 2. The summed E-state index contributed by atoms with van der Waals surface area (Å²) >= 11 is 0. The maximum absolute atomic E-state index is 11.2. The van der Waals surface area contributed by atoms with Crippen LogP contribution in [-0.4, -0.2) is 36.4 Å². The Morgan fingerprint density at radius 2 is 1.63 bits per heavy atom. The van der Waals surface area contributed by atoms with Crippen LogP contribution in [0.15, 0.2) is 12.1 Å². The number of aliphatic carboxylic acids is 1. The van der Waals surface area contributed by atoms with E-state index in [0.29, 0.717) is 26.2 Å². The molecule has 6 heteroatoms. The molecule has 0 heterocycles. The molecule has 0 amide bonds. The summed E-state index contributed by atoms with van der Waals surface area (Å²) in [5.41, 5.74) is 5.70. The third-order valence-electron chi connectivity index (χ3n) is 4.44. The van der Waals surface area contributed by atoms with Crippen molar-refractivity contribution >= 4 is 5.97 Å². The largest absolute Gasteiger partial charge is 0.494 e. The molecule has 0 fully saturated rings. The molecular weight excluding hydrogens is 346 g/mol. The summed E-state index contributed by atoms with van der Waals surface area (Å²) in [6.07, 6.45) is 3.01. The van der Waals surface area contributed by atoms with Crippen LogP contribution in [0.5, 0.6) is 17.2 Å². The van der Waals surface area contributed by atoms with Gasteiger partial charge >= 0.3 is 5.97 Å². The zero-order valence-electron chi connectivity index (χ0n) is 17.3. The lowest BCUT2D eigenvalue weighted by Crippen LogP contribution is -2.46. The first-order chi connectivity index (χ1) is 12.7. The van der Waals surface area contributed by atoms with Gasteiger partial charge in [0.2, 0.25) is 0 Å². The lowest BCUT2D eigenvalue weighted by molar-refractivity contribution is -0.143. The van der Waals surface area contributed by atoms with E-state index in [0.717, 1.165) is 42.1 Å². The van der Waals surface area contributed by atoms with Gasteiger partial charge in [0, 0.05) is 17.7 Å². The molecule has 0 radical (unpaired) electrons. The van der Waals surface area contributed by atoms with Crippen molar-refractivity contribution in [2.24, 2.45) is 11.7 Å². The Bertz CT molecular complexity index is 573. The van der Waals surface area contributed by atoms with Crippen LogP contribution in [0.25, 0.3) is 0 Å². The maximum atomic E-state index is 11.2. The molecule has 154 valence electrons. The van der Waals surface area contributed by atoms with Crippen molar-refractivity contribution in [1.29, 1.82) is 0 Å². The highest BCUT2D eigenvalue weighted by molar-refractivity contribution is 5.77. The van der Waals surface area contributed by atoms with Gasteiger partial charge in [-0.25, -0.2) is 0 Å². The Balaban J connectivity index is 2.86. The quantitative estimate of drug-likeness (QED) is 0.536. The summed E-state index contributed by atoms with van der Waals surface area (Å²) in [7, 11) is 0. The minimum Gasteiger partial charge on any atom is -0.494 e. The van der Waals surface area contributed by atoms with Gasteiger partial charge in [0.15, 0.2) is 0 Å². The lowest BCUT2D eigenvalue weighted by atomic mass is 9.87. The second kappa shape index (κ2) is 11.0. The predicted octanol–water partition coefficient (Wildman–Crippen LogP) is 4.03. The number of benzene rings is 1. The maximum Gasteiger partial charge on any atom is 0.323 e. The summed E-state index contributed by atoms with van der Waals surface area (Å²) in [5.74, 6) is 1.56. The molecule has 0 aliphatic carbocycles. The number of carboxylic acids is 1. The molecule has 0 saturated heterocycles. The number of rotatable bonds is 13. The van der Waals surface area contributed by atoms with Gasteiger partial charge in [-0.1, -0.05) is 13.3 Å². The highest BCUT2D eigenvalue weighted by Gasteiger charge is 2.29. The molecule has 2 atom stereocenters. The molecule has 0 saturated carbocycles. The van der Waals surface area contributed by atoms with Gasteiger partial charge < -0.3 is 25.1 Å². The summed E-state index contributed by atoms with van der Waals surface area (Å²) in [6, 6.07) is 3.82. The van der Waals surface area contributed by atoms with E-state index in [1.807, 2.05) is 39.8 Å². The van der Waals surface area contributed by atoms with Crippen molar-refractivity contribution in [2.75, 3.05) is 19.8 Å². The zero-order valence-corrected chi connectivity index (χ0v) is 17.3. The average Bonchev–Trinajstić information content (AvgIpc) is 2.57. The fraction of sp³-hybridized carbons (Fsp3) is 0.667. The Kier molecular flexibility index (Phi) is 9.43. The van der Waals surface area contributed by atoms with Gasteiger partial charge in [-0.05, 0) is 52.9 Å². The molecule has 0 bridgehead atoms. The van der Waals surface area contributed by atoms with Crippen LogP contribution >= 0.6 is 0 Å². The fourth-order valence-electron chi connectivity index (χ4n) is 3.20. The Hall–Kier alpha value is -1.95. The van der Waals surface area contributed by atoms with Crippen LogP contribution in [-0.2, 0) is 11.2 Å². The Morgan fingerprint density at radius 1 is 1.11 bits per heavy atom. The SMILES string of the molecule is CCOc1cc(OCC)c(CCCC(C)CC(C)(N)C(=O)O)c(OCC)c1. The van der Waals surface area contributed by atoms with Crippen molar-refractivity contribution in [3.63, 3.8) is 0 Å². The van der Waals surface area contributed by atoms with E-state index < -0.39 is 11.5 Å². The molecular formula is C21H35NO5. The van der Waals surface area contributed by atoms with E-state index in [2.05, 4.69) is 0 Å². The molecule has 0 aromatic heterocycles. The molecule has 0 spiro atoms. The first kappa shape index (κ1) is 23.1. The molecule has 6 nitrogen and oxygen atoms in total. The summed E-state index contributed by atoms with van der Waals surface area (Å²) < 4.78 is 17.3. The van der Waals surface area contributed by atoms with Crippen LogP contribution in [0.4, 0.5) is 0 Å². The van der Waals surface area contributed by atoms with Gasteiger partial charge in [-0.2, -0.15) is 0 Å². The second-order valence-corrected chi connectivity index (χ2v) is 7.12. The second-order valence-electron chi connectivity index (χ2n) is 7.12. The standard InChI is InChI=1S/C21H35NO5/c1-6-25-16-12-18(26-7-2)17(19(13-16)27-8-3)11-9-10-15(4)14-21(5,22)20(23)24/h12-13,15H,6-11,14,22H2,1-5H3,(H,23,24). The number of nitrogens with two attached hydrogens (primary N) is 1. The average molecular weight is 382 g/mol. The van der Waals surface area contributed by atoms with Gasteiger partial charge in [0.1, 0.15) is 22.8 Å². The first-order valence-electron chi connectivity index (χ1n) is 9.82. The molecule has 27 heavy (non-hydrogen) atoms. The van der Waals surface area contributed by atoms with Crippen molar-refractivity contribution in [3.8, 4) is 17.2 Å². The van der Waals surface area contributed by atoms with E-state index in [9.17, 15) is 9.90 Å². The van der Waals surface area contributed by atoms with Crippen LogP contribution in [0, 0.1) is 5.92 Å². The van der Waals surface area contributed by atoms with E-state index in [1.54, 1.807) is 6.92 Å². The highest BCUT2D eigenvalue weighted by Crippen LogP contribution is 2.36. The number of ether oxygens (including phenoxy) is 3. The number of carboxylic acid groups (broad SMARTS) is 1. The van der Waals surface area contributed by atoms with E-state index in [1.165, 1.54) is 0 Å². The normalized spacial score (nSPS) is 14.3. The first-order valence-corrected chi connectivity index (χ1v) is 9.82. The molecule has 2 unspecified atom stereocenters. The molecule has 1 rings (SSSR count). The molecule has 1 aromatic carbocycles. The van der Waals surface area contributed by atoms with E-state index in [4.69, 9.17) is 19.9 Å². The van der Waals surface area contributed by atoms with Crippen molar-refractivity contribution in [2.45, 2.75) is 65.8 Å². The Morgan fingerprint density at radius 3 is 2.07 bits per heavy atom. The monoisotopic (exact) mass is 381 g/mol. The van der Waals surface area contributed by atoms with Gasteiger partial charge in [0.05, 0.1) is 19.8 Å². The minimum atomic E-state index is -1.19. The fourth-order valence-corrected chi connectivity index (χ4v) is 3.20. The van der Waals surface area contributed by atoms with E-state index >= 15 is 0 Å². The minimum absolute atomic E-state index is 0.213. The zero-order chi connectivity index (χ0) is 20.4.